The fourth-order valence-corrected chi connectivity index (χ4v) is 6.58. The predicted molar refractivity (Wildman–Crippen MR) is 171 cm³/mol. The van der Waals surface area contributed by atoms with Gasteiger partial charge in [0.25, 0.3) is 0 Å². The van der Waals surface area contributed by atoms with Gasteiger partial charge in [0.2, 0.25) is 5.91 Å². The molecule has 14 nitrogen and oxygen atoms in total. The summed E-state index contributed by atoms with van der Waals surface area (Å²) >= 11 is 0. The summed E-state index contributed by atoms with van der Waals surface area (Å²) < 4.78 is 42.1. The molecule has 2 atom stereocenters. The van der Waals surface area contributed by atoms with Crippen LogP contribution in [0.4, 0.5) is 26.8 Å². The van der Waals surface area contributed by atoms with Crippen LogP contribution in [0.5, 0.6) is 11.5 Å². The van der Waals surface area contributed by atoms with Gasteiger partial charge in [-0.1, -0.05) is 6.07 Å². The van der Waals surface area contributed by atoms with Gasteiger partial charge in [-0.3, -0.25) is 4.79 Å². The second-order valence-electron chi connectivity index (χ2n) is 12.4. The first kappa shape index (κ1) is 31.8. The number of ether oxygens (including phenoxy) is 3. The average Bonchev–Trinajstić information content (AvgIpc) is 3.58. The first-order valence-electron chi connectivity index (χ1n) is 14.7. The fourth-order valence-electron chi connectivity index (χ4n) is 6.01. The normalized spacial score (nSPS) is 18.7. The van der Waals surface area contributed by atoms with Crippen LogP contribution in [0.3, 0.4) is 0 Å². The Morgan fingerprint density at radius 3 is 2.53 bits per heavy atom. The van der Waals surface area contributed by atoms with Crippen molar-refractivity contribution in [2.24, 2.45) is 0 Å². The molecule has 3 heterocycles. The van der Waals surface area contributed by atoms with Gasteiger partial charge in [-0.2, -0.15) is 4.68 Å². The van der Waals surface area contributed by atoms with Crippen molar-refractivity contribution in [3.05, 3.63) is 59.8 Å². The van der Waals surface area contributed by atoms with Gasteiger partial charge in [-0.05, 0) is 75.6 Å². The number of sulfone groups is 1. The Kier molecular flexibility index (Phi) is 7.42. The monoisotopic (exact) mass is 663 g/mol. The zero-order valence-electron chi connectivity index (χ0n) is 26.5. The highest BCUT2D eigenvalue weighted by atomic mass is 32.2. The molecular formula is C32H33N5O9S. The van der Waals surface area contributed by atoms with Gasteiger partial charge < -0.3 is 24.6 Å². The summed E-state index contributed by atoms with van der Waals surface area (Å²) in [4.78, 5) is 44.1. The third kappa shape index (κ3) is 5.39. The van der Waals surface area contributed by atoms with Gasteiger partial charge >= 0.3 is 12.2 Å². The average molecular weight is 664 g/mol. The highest BCUT2D eigenvalue weighted by Gasteiger charge is 2.68. The number of methoxy groups -OCH3 is 1. The van der Waals surface area contributed by atoms with E-state index >= 15 is 0 Å². The van der Waals surface area contributed by atoms with Crippen molar-refractivity contribution >= 4 is 56.0 Å². The van der Waals surface area contributed by atoms with E-state index in [0.717, 1.165) is 15.8 Å². The Bertz CT molecular complexity index is 2090. The van der Waals surface area contributed by atoms with Crippen molar-refractivity contribution < 1.29 is 42.1 Å². The molecule has 47 heavy (non-hydrogen) atoms. The lowest BCUT2D eigenvalue weighted by molar-refractivity contribution is -0.119. The van der Waals surface area contributed by atoms with E-state index in [1.807, 2.05) is 0 Å². The molecule has 2 aromatic heterocycles. The molecule has 1 aliphatic heterocycles. The molecule has 246 valence electrons. The van der Waals surface area contributed by atoms with Crippen LogP contribution in [0.2, 0.25) is 0 Å². The molecule has 4 aromatic rings. The number of rotatable bonds is 7. The number of anilines is 3. The Hall–Kier alpha value is -5.18. The molecule has 6 rings (SSSR count). The number of amides is 2. The Morgan fingerprint density at radius 2 is 1.89 bits per heavy atom. The van der Waals surface area contributed by atoms with Crippen molar-refractivity contribution in [2.45, 2.75) is 56.1 Å². The molecular weight excluding hydrogens is 630 g/mol. The summed E-state index contributed by atoms with van der Waals surface area (Å²) in [6.45, 7) is 7.18. The number of carbonyl (C=O) groups is 3. The number of carbonyl (C=O) groups excluding carboxylic acids is 2. The molecule has 15 heteroatoms. The summed E-state index contributed by atoms with van der Waals surface area (Å²) in [6, 6.07) is 11.5. The molecule has 0 radical (unpaired) electrons. The van der Waals surface area contributed by atoms with Gasteiger partial charge in [0.05, 0.1) is 36.5 Å². The molecule has 2 aromatic carbocycles. The smallest absolute Gasteiger partial charge is 0.435 e. The minimum atomic E-state index is -3.61. The second-order valence-corrected chi connectivity index (χ2v) is 14.4. The van der Waals surface area contributed by atoms with E-state index in [1.54, 1.807) is 64.1 Å². The molecule has 1 saturated carbocycles. The number of hydrogen-bond acceptors (Lipinski definition) is 11. The number of carboxylic acid groups (broad SMARTS) is 1. The summed E-state index contributed by atoms with van der Waals surface area (Å²) in [5.41, 5.74) is 0.268. The predicted octanol–water partition coefficient (Wildman–Crippen LogP) is 5.22. The standard InChI is InChI=1S/C32H33N5O9S/c1-7-45-25-14-26(47(6,42)43)33-16-22(25)34-27-19-10-8-17(12-24(19)37(35-27)30(41)46-31(2,3)4)21-15-32(21)20-13-18(44-5)9-11-23(20)36(28(32)38)29(39)40/h8-14,16,21H,7,15H2,1-6H3,(H,34,35)(H,39,40). The van der Waals surface area contributed by atoms with Gasteiger partial charge in [-0.15, -0.1) is 5.10 Å². The molecule has 1 fully saturated rings. The van der Waals surface area contributed by atoms with Crippen LogP contribution in [0, 0.1) is 0 Å². The van der Waals surface area contributed by atoms with Gasteiger partial charge in [0.15, 0.2) is 20.7 Å². The highest BCUT2D eigenvalue weighted by Crippen LogP contribution is 2.67. The van der Waals surface area contributed by atoms with E-state index in [4.69, 9.17) is 14.2 Å². The summed E-state index contributed by atoms with van der Waals surface area (Å²) in [6.07, 6.45) is 0.585. The van der Waals surface area contributed by atoms with Crippen LogP contribution in [-0.4, -0.2) is 72.0 Å². The highest BCUT2D eigenvalue weighted by molar-refractivity contribution is 7.90. The number of benzene rings is 2. The second kappa shape index (κ2) is 11.0. The maximum Gasteiger partial charge on any atom is 0.435 e. The van der Waals surface area contributed by atoms with E-state index in [9.17, 15) is 27.9 Å². The quantitative estimate of drug-likeness (QED) is 0.264. The van der Waals surface area contributed by atoms with Crippen LogP contribution in [0.15, 0.2) is 53.7 Å². The minimum Gasteiger partial charge on any atom is -0.497 e. The molecule has 2 N–H and O–H groups in total. The van der Waals surface area contributed by atoms with Crippen LogP contribution in [0.1, 0.15) is 51.2 Å². The Balaban J connectivity index is 1.45. The van der Waals surface area contributed by atoms with E-state index in [-0.39, 0.29) is 28.9 Å². The first-order chi connectivity index (χ1) is 22.1. The van der Waals surface area contributed by atoms with E-state index in [2.05, 4.69) is 15.4 Å². The fraction of sp³-hybridized carbons (Fsp3) is 0.344. The number of pyridine rings is 1. The number of aromatic nitrogens is 3. The van der Waals surface area contributed by atoms with Gasteiger partial charge in [-0.25, -0.2) is 27.9 Å². The van der Waals surface area contributed by atoms with Crippen LogP contribution in [-0.2, 0) is 24.8 Å². The maximum atomic E-state index is 13.7. The summed E-state index contributed by atoms with van der Waals surface area (Å²) in [5.74, 6) is 0.00623. The van der Waals surface area contributed by atoms with Gasteiger partial charge in [0.1, 0.15) is 22.8 Å². The Morgan fingerprint density at radius 1 is 1.15 bits per heavy atom. The lowest BCUT2D eigenvalue weighted by Crippen LogP contribution is -2.36. The van der Waals surface area contributed by atoms with Crippen molar-refractivity contribution in [3.8, 4) is 11.5 Å². The molecule has 2 amide bonds. The Labute approximate surface area is 270 Å². The number of nitrogens with zero attached hydrogens (tertiary/aromatic N) is 4. The zero-order chi connectivity index (χ0) is 34.1. The summed E-state index contributed by atoms with van der Waals surface area (Å²) in [5, 5.41) is 17.9. The maximum absolute atomic E-state index is 13.7. The van der Waals surface area contributed by atoms with Crippen molar-refractivity contribution in [3.63, 3.8) is 0 Å². The number of nitrogens with one attached hydrogen (secondary N) is 1. The largest absolute Gasteiger partial charge is 0.497 e. The third-order valence-electron chi connectivity index (χ3n) is 8.11. The SMILES string of the molecule is CCOc1cc(S(C)(=O)=O)ncc1Nc1nn(C(=O)OC(C)(C)C)c2cc(C3CC34C(=O)N(C(=O)O)c3ccc(OC)cc34)ccc12. The molecule has 2 unspecified atom stereocenters. The topological polar surface area (TPSA) is 179 Å². The number of hydrogen-bond donors (Lipinski definition) is 2. The molecule has 1 spiro atoms. The van der Waals surface area contributed by atoms with Crippen molar-refractivity contribution in [1.29, 1.82) is 0 Å². The van der Waals surface area contributed by atoms with Gasteiger partial charge in [0, 0.05) is 23.6 Å². The first-order valence-corrected chi connectivity index (χ1v) is 16.6. The lowest BCUT2D eigenvalue weighted by atomic mass is 9.91. The zero-order valence-corrected chi connectivity index (χ0v) is 27.3. The number of fused-ring (bicyclic) bond motifs is 3. The molecule has 1 aliphatic carbocycles. The van der Waals surface area contributed by atoms with E-state index in [0.29, 0.717) is 39.9 Å². The minimum absolute atomic E-state index is 0.166. The summed E-state index contributed by atoms with van der Waals surface area (Å²) in [7, 11) is -2.11. The van der Waals surface area contributed by atoms with Crippen molar-refractivity contribution in [1.82, 2.24) is 14.8 Å². The van der Waals surface area contributed by atoms with E-state index in [1.165, 1.54) is 19.4 Å². The van der Waals surface area contributed by atoms with Crippen LogP contribution in [0.25, 0.3) is 10.9 Å². The molecule has 0 saturated heterocycles. The molecule has 0 bridgehead atoms. The molecule has 2 aliphatic rings. The van der Waals surface area contributed by atoms with Crippen LogP contribution >= 0.6 is 0 Å². The third-order valence-corrected chi connectivity index (χ3v) is 9.09. The van der Waals surface area contributed by atoms with Crippen LogP contribution < -0.4 is 19.7 Å². The van der Waals surface area contributed by atoms with Crippen molar-refractivity contribution in [2.75, 3.05) is 30.2 Å². The lowest BCUT2D eigenvalue weighted by Gasteiger charge is -2.19. The van der Waals surface area contributed by atoms with E-state index < -0.39 is 44.9 Å². The number of imide groups is 1.